The van der Waals surface area contributed by atoms with Gasteiger partial charge in [0.05, 0.1) is 0 Å². The molecule has 5 heteroatoms. The van der Waals surface area contributed by atoms with Gasteiger partial charge in [-0.25, -0.2) is 4.99 Å². The molecule has 152 valence electrons. The summed E-state index contributed by atoms with van der Waals surface area (Å²) in [6.07, 6.45) is 5.33. The van der Waals surface area contributed by atoms with E-state index in [0.717, 1.165) is 52.6 Å². The Balaban J connectivity index is 1.60. The van der Waals surface area contributed by atoms with Crippen LogP contribution < -0.4 is 9.64 Å². The van der Waals surface area contributed by atoms with Gasteiger partial charge in [0.2, 0.25) is 0 Å². The molecule has 0 fully saturated rings. The van der Waals surface area contributed by atoms with Crippen molar-refractivity contribution in [3.63, 3.8) is 0 Å². The third kappa shape index (κ3) is 3.36. The second kappa shape index (κ2) is 7.96. The van der Waals surface area contributed by atoms with Crippen molar-refractivity contribution in [2.75, 3.05) is 18.0 Å². The summed E-state index contributed by atoms with van der Waals surface area (Å²) in [6.45, 7) is 6.16. The van der Waals surface area contributed by atoms with Gasteiger partial charge in [0.25, 0.3) is 0 Å². The first-order valence-corrected chi connectivity index (χ1v) is 12.7. The second-order valence-electron chi connectivity index (χ2n) is 7.34. The van der Waals surface area contributed by atoms with E-state index < -0.39 is 6.10 Å². The summed E-state index contributed by atoms with van der Waals surface area (Å²) in [5.41, 5.74) is 6.93. The molecule has 1 N–H and O–H groups in total. The fourth-order valence-corrected chi connectivity index (χ4v) is 5.63. The van der Waals surface area contributed by atoms with Crippen LogP contribution >= 0.6 is 20.7 Å². The monoisotopic (exact) mass is 510 g/mol. The number of aliphatic imine (C=N–C) groups is 1. The van der Waals surface area contributed by atoms with E-state index in [2.05, 4.69) is 57.2 Å². The Kier molecular flexibility index (Phi) is 5.16. The van der Waals surface area contributed by atoms with Gasteiger partial charge >= 0.3 is 0 Å². The third-order valence-electron chi connectivity index (χ3n) is 5.63. The number of benzene rings is 2. The average molecular weight is 510 g/mol. The number of anilines is 1. The second-order valence-corrected chi connectivity index (χ2v) is 9.40. The summed E-state index contributed by atoms with van der Waals surface area (Å²) in [7, 11) is 0. The van der Waals surface area contributed by atoms with Crippen molar-refractivity contribution in [1.82, 2.24) is 0 Å². The average Bonchev–Trinajstić information content (AvgIpc) is 2.79. The van der Waals surface area contributed by atoms with Gasteiger partial charge in [0.15, 0.2) is 11.5 Å². The largest absolute Gasteiger partial charge is 0.453 e. The zero-order valence-electron chi connectivity index (χ0n) is 17.0. The lowest BCUT2D eigenvalue weighted by atomic mass is 9.88. The Morgan fingerprint density at radius 1 is 1.13 bits per heavy atom. The highest BCUT2D eigenvalue weighted by molar-refractivity contribution is 14.2. The molecule has 0 spiro atoms. The fraction of sp³-hybridized carbons (Fsp3) is 0.200. The van der Waals surface area contributed by atoms with E-state index in [1.165, 1.54) is 5.57 Å². The molecule has 2 aromatic rings. The van der Waals surface area contributed by atoms with Crippen molar-refractivity contribution in [2.24, 2.45) is 4.99 Å². The molecule has 5 rings (SSSR count). The highest BCUT2D eigenvalue weighted by atomic mass is 127. The van der Waals surface area contributed by atoms with Crippen molar-refractivity contribution in [3.8, 4) is 5.75 Å². The number of rotatable bonds is 4. The summed E-state index contributed by atoms with van der Waals surface area (Å²) in [6, 6.07) is 12.4. The normalized spacial score (nSPS) is 18.6. The summed E-state index contributed by atoms with van der Waals surface area (Å²) >= 11 is -0.0293. The van der Waals surface area contributed by atoms with Crippen molar-refractivity contribution in [1.29, 1.82) is 0 Å². The number of fused-ring (bicyclic) bond motifs is 4. The van der Waals surface area contributed by atoms with E-state index in [0.29, 0.717) is 5.76 Å². The lowest BCUT2D eigenvalue weighted by Crippen LogP contribution is -2.23. The highest BCUT2D eigenvalue weighted by Gasteiger charge is 2.30. The van der Waals surface area contributed by atoms with Crippen molar-refractivity contribution >= 4 is 47.4 Å². The van der Waals surface area contributed by atoms with Gasteiger partial charge < -0.3 is 14.7 Å². The lowest BCUT2D eigenvalue weighted by Gasteiger charge is -2.28. The van der Waals surface area contributed by atoms with Gasteiger partial charge in [-0.3, -0.25) is 0 Å². The molecule has 0 radical (unpaired) electrons. The topological polar surface area (TPSA) is 45.1 Å². The molecule has 1 atom stereocenters. The molecule has 0 bridgehead atoms. The summed E-state index contributed by atoms with van der Waals surface area (Å²) < 4.78 is 10.8. The van der Waals surface area contributed by atoms with E-state index in [1.807, 2.05) is 18.2 Å². The maximum Gasteiger partial charge on any atom is 0.155 e. The standard InChI is InChI=1S/C25H23IN2O2/c1-3-28(4-2)18-8-10-21-23(13-18)30-24-14-22(29)19-9-7-16(12-20(19)25(24)27-21)17-6-5-11-26-15-17/h5-15,22,29H,3-4H2,1-2H3. The molecule has 0 saturated carbocycles. The fourth-order valence-electron chi connectivity index (χ4n) is 4.02. The first-order valence-electron chi connectivity index (χ1n) is 10.2. The van der Waals surface area contributed by atoms with Crippen molar-refractivity contribution < 1.29 is 9.84 Å². The maximum absolute atomic E-state index is 10.7. The van der Waals surface area contributed by atoms with Crippen LogP contribution in [-0.2, 0) is 0 Å². The first-order chi connectivity index (χ1) is 14.7. The van der Waals surface area contributed by atoms with E-state index >= 15 is 0 Å². The number of halogens is 1. The molecule has 3 aliphatic rings. The quantitative estimate of drug-likeness (QED) is 0.540. The number of hydrogen-bond donors (Lipinski definition) is 1. The number of ether oxygens (including phenoxy) is 1. The number of allylic oxidation sites excluding steroid dienone is 4. The van der Waals surface area contributed by atoms with Crippen LogP contribution in [0.1, 0.15) is 36.6 Å². The molecular formula is C25H23IN2O2. The number of nitrogens with zero attached hydrogens (tertiary/aromatic N) is 2. The number of aliphatic hydroxyl groups excluding tert-OH is 1. The van der Waals surface area contributed by atoms with Gasteiger partial charge in [0.1, 0.15) is 17.5 Å². The predicted octanol–water partition coefficient (Wildman–Crippen LogP) is 5.66. The summed E-state index contributed by atoms with van der Waals surface area (Å²) in [4.78, 5) is 7.22. The summed E-state index contributed by atoms with van der Waals surface area (Å²) in [5, 5.41) is 10.7. The lowest BCUT2D eigenvalue weighted by molar-refractivity contribution is 0.222. The van der Waals surface area contributed by atoms with Crippen LogP contribution in [0.25, 0.3) is 5.57 Å². The van der Waals surface area contributed by atoms with Crippen LogP contribution in [0, 0.1) is 0 Å². The Hall–Kier alpha value is -2.51. The predicted molar refractivity (Wildman–Crippen MR) is 134 cm³/mol. The van der Waals surface area contributed by atoms with Crippen LogP contribution in [-0.4, -0.2) is 27.9 Å². The maximum atomic E-state index is 10.7. The summed E-state index contributed by atoms with van der Waals surface area (Å²) in [5.74, 6) is 1.37. The molecule has 0 saturated heterocycles. The molecule has 30 heavy (non-hydrogen) atoms. The number of hydrogen-bond acceptors (Lipinski definition) is 4. The van der Waals surface area contributed by atoms with E-state index in [1.54, 1.807) is 6.08 Å². The van der Waals surface area contributed by atoms with E-state index in [4.69, 9.17) is 9.73 Å². The van der Waals surface area contributed by atoms with E-state index in [9.17, 15) is 5.11 Å². The minimum Gasteiger partial charge on any atom is -0.453 e. The van der Waals surface area contributed by atoms with Gasteiger partial charge in [-0.15, -0.1) is 0 Å². The Morgan fingerprint density at radius 2 is 2.00 bits per heavy atom. The van der Waals surface area contributed by atoms with Gasteiger partial charge in [-0.05, 0) is 62.9 Å². The Bertz CT molecular complexity index is 1170. The molecular weight excluding hydrogens is 487 g/mol. The number of aliphatic hydroxyl groups is 1. The molecule has 1 aliphatic carbocycles. The van der Waals surface area contributed by atoms with Crippen LogP contribution in [0.5, 0.6) is 5.75 Å². The third-order valence-corrected chi connectivity index (χ3v) is 7.49. The highest BCUT2D eigenvalue weighted by Crippen LogP contribution is 2.42. The minimum atomic E-state index is -0.702. The molecule has 0 aromatic heterocycles. The van der Waals surface area contributed by atoms with Crippen LogP contribution in [0.15, 0.2) is 69.5 Å². The molecule has 0 amide bonds. The van der Waals surface area contributed by atoms with Gasteiger partial charge in [-0.1, -0.05) is 45.0 Å². The Labute approximate surface area is 186 Å². The van der Waals surface area contributed by atoms with Crippen LogP contribution in [0.3, 0.4) is 0 Å². The smallest absolute Gasteiger partial charge is 0.155 e. The molecule has 1 unspecified atom stereocenters. The van der Waals surface area contributed by atoms with Crippen molar-refractivity contribution in [3.05, 3.63) is 81.2 Å². The van der Waals surface area contributed by atoms with E-state index in [-0.39, 0.29) is 20.7 Å². The molecule has 4 nitrogen and oxygen atoms in total. The zero-order valence-corrected chi connectivity index (χ0v) is 19.1. The van der Waals surface area contributed by atoms with Crippen molar-refractivity contribution in [2.45, 2.75) is 20.0 Å². The van der Waals surface area contributed by atoms with Gasteiger partial charge in [-0.2, -0.15) is 0 Å². The first kappa shape index (κ1) is 19.5. The minimum absolute atomic E-state index is 0.0293. The van der Waals surface area contributed by atoms with Crippen LogP contribution in [0.2, 0.25) is 0 Å². The molecule has 2 aliphatic heterocycles. The zero-order chi connectivity index (χ0) is 20.7. The molecule has 2 heterocycles. The van der Waals surface area contributed by atoms with Gasteiger partial charge in [0, 0.05) is 30.4 Å². The Morgan fingerprint density at radius 3 is 2.77 bits per heavy atom. The SMILES string of the molecule is CCN(CC)c1ccc2c(c1)OC1=CC(O)c3ccc(C4=CI=CC=C4)cc3C1=N2. The molecule has 2 aromatic carbocycles. The van der Waals surface area contributed by atoms with Crippen LogP contribution in [0.4, 0.5) is 11.4 Å².